The summed E-state index contributed by atoms with van der Waals surface area (Å²) < 4.78 is 5.74. The second-order valence-corrected chi connectivity index (χ2v) is 9.84. The standard InChI is InChI=1S/C33H32N2O6/c1-34(32(36)20-19-30(26-10-4-2-5-11-26)27-12-6-3-7-13-27)31(33(37)38)22-24-15-17-29(18-16-24)41-23-25-9-8-14-28(21-25)35(39)40/h2-18,21,30-31H,19-20,22-23H2,1H3,(H,37,38). The van der Waals surface area contributed by atoms with Crippen molar-refractivity contribution >= 4 is 17.6 Å². The molecule has 0 aliphatic carbocycles. The van der Waals surface area contributed by atoms with E-state index < -0.39 is 16.9 Å². The lowest BCUT2D eigenvalue weighted by Crippen LogP contribution is -2.43. The van der Waals surface area contributed by atoms with Crippen molar-refractivity contribution in [2.75, 3.05) is 7.05 Å². The average molecular weight is 553 g/mol. The molecule has 0 radical (unpaired) electrons. The number of carbonyl (C=O) groups is 2. The third-order valence-corrected chi connectivity index (χ3v) is 7.08. The summed E-state index contributed by atoms with van der Waals surface area (Å²) >= 11 is 0. The molecule has 0 heterocycles. The van der Waals surface area contributed by atoms with Gasteiger partial charge in [-0.2, -0.15) is 0 Å². The van der Waals surface area contributed by atoms with Crippen LogP contribution in [0.15, 0.2) is 109 Å². The predicted octanol–water partition coefficient (Wildman–Crippen LogP) is 6.24. The van der Waals surface area contributed by atoms with Crippen molar-refractivity contribution in [1.82, 2.24) is 4.90 Å². The van der Waals surface area contributed by atoms with Gasteiger partial charge in [-0.3, -0.25) is 14.9 Å². The van der Waals surface area contributed by atoms with Gasteiger partial charge in [0.05, 0.1) is 4.92 Å². The first-order valence-electron chi connectivity index (χ1n) is 13.3. The Hall–Kier alpha value is -4.98. The summed E-state index contributed by atoms with van der Waals surface area (Å²) in [6.45, 7) is 0.156. The van der Waals surface area contributed by atoms with E-state index in [1.54, 1.807) is 36.4 Å². The molecule has 4 aromatic carbocycles. The zero-order valence-electron chi connectivity index (χ0n) is 22.8. The van der Waals surface area contributed by atoms with Crippen LogP contribution >= 0.6 is 0 Å². The van der Waals surface area contributed by atoms with Crippen LogP contribution in [0.5, 0.6) is 5.75 Å². The van der Waals surface area contributed by atoms with Gasteiger partial charge in [-0.05, 0) is 40.8 Å². The molecular formula is C33H32N2O6. The minimum atomic E-state index is -1.07. The number of rotatable bonds is 13. The van der Waals surface area contributed by atoms with Crippen LogP contribution in [0.3, 0.4) is 0 Å². The van der Waals surface area contributed by atoms with E-state index in [1.165, 1.54) is 24.1 Å². The highest BCUT2D eigenvalue weighted by molar-refractivity contribution is 5.83. The van der Waals surface area contributed by atoms with Crippen molar-refractivity contribution in [1.29, 1.82) is 0 Å². The largest absolute Gasteiger partial charge is 0.489 e. The van der Waals surface area contributed by atoms with Gasteiger partial charge in [0, 0.05) is 37.9 Å². The van der Waals surface area contributed by atoms with Gasteiger partial charge in [-0.15, -0.1) is 0 Å². The van der Waals surface area contributed by atoms with Gasteiger partial charge in [0.25, 0.3) is 5.69 Å². The fourth-order valence-corrected chi connectivity index (χ4v) is 4.78. The lowest BCUT2D eigenvalue weighted by Gasteiger charge is -2.26. The second kappa shape index (κ2) is 13.9. The number of ether oxygens (including phenoxy) is 1. The summed E-state index contributed by atoms with van der Waals surface area (Å²) in [6, 6.07) is 32.2. The molecule has 0 aliphatic rings. The number of nitro benzene ring substituents is 1. The van der Waals surface area contributed by atoms with Crippen molar-refractivity contribution < 1.29 is 24.4 Å². The fourth-order valence-electron chi connectivity index (χ4n) is 4.78. The third-order valence-electron chi connectivity index (χ3n) is 7.08. The maximum atomic E-state index is 13.2. The summed E-state index contributed by atoms with van der Waals surface area (Å²) in [5.41, 5.74) is 3.62. The van der Waals surface area contributed by atoms with Crippen molar-refractivity contribution in [3.05, 3.63) is 142 Å². The number of amides is 1. The van der Waals surface area contributed by atoms with Crippen LogP contribution in [0.4, 0.5) is 5.69 Å². The van der Waals surface area contributed by atoms with E-state index in [0.717, 1.165) is 16.7 Å². The highest BCUT2D eigenvalue weighted by Crippen LogP contribution is 2.29. The molecule has 8 heteroatoms. The molecule has 0 saturated heterocycles. The molecule has 4 rings (SSSR count). The molecule has 0 spiro atoms. The average Bonchev–Trinajstić information content (AvgIpc) is 3.00. The summed E-state index contributed by atoms with van der Waals surface area (Å²) in [5.74, 6) is -0.738. The van der Waals surface area contributed by atoms with Gasteiger partial charge in [-0.25, -0.2) is 4.79 Å². The number of carbonyl (C=O) groups excluding carboxylic acids is 1. The van der Waals surface area contributed by atoms with Crippen LogP contribution < -0.4 is 4.74 Å². The highest BCUT2D eigenvalue weighted by atomic mass is 16.6. The van der Waals surface area contributed by atoms with E-state index in [4.69, 9.17) is 4.74 Å². The number of non-ortho nitro benzene ring substituents is 1. The molecule has 0 fully saturated rings. The Morgan fingerprint density at radius 1 is 0.854 bits per heavy atom. The molecule has 210 valence electrons. The molecular weight excluding hydrogens is 520 g/mol. The van der Waals surface area contributed by atoms with Crippen LogP contribution in [-0.4, -0.2) is 39.9 Å². The lowest BCUT2D eigenvalue weighted by molar-refractivity contribution is -0.384. The first kappa shape index (κ1) is 29.0. The van der Waals surface area contributed by atoms with Crippen molar-refractivity contribution in [2.45, 2.75) is 37.8 Å². The number of hydrogen-bond donors (Lipinski definition) is 1. The third kappa shape index (κ3) is 8.02. The van der Waals surface area contributed by atoms with Gasteiger partial charge in [0.2, 0.25) is 5.91 Å². The second-order valence-electron chi connectivity index (χ2n) is 9.84. The summed E-state index contributed by atoms with van der Waals surface area (Å²) in [7, 11) is 1.54. The number of aliphatic carboxylic acids is 1. The minimum absolute atomic E-state index is 0.00419. The van der Waals surface area contributed by atoms with Gasteiger partial charge >= 0.3 is 5.97 Å². The van der Waals surface area contributed by atoms with Gasteiger partial charge in [0.1, 0.15) is 18.4 Å². The maximum Gasteiger partial charge on any atom is 0.326 e. The molecule has 0 saturated carbocycles. The van der Waals surface area contributed by atoms with Crippen LogP contribution in [0.25, 0.3) is 0 Å². The monoisotopic (exact) mass is 552 g/mol. The van der Waals surface area contributed by atoms with Crippen molar-refractivity contribution in [3.63, 3.8) is 0 Å². The Morgan fingerprint density at radius 2 is 1.46 bits per heavy atom. The molecule has 1 amide bonds. The van der Waals surface area contributed by atoms with Crippen LogP contribution in [0.1, 0.15) is 41.0 Å². The lowest BCUT2D eigenvalue weighted by atomic mass is 9.87. The minimum Gasteiger partial charge on any atom is -0.489 e. The Kier molecular flexibility index (Phi) is 9.83. The van der Waals surface area contributed by atoms with Gasteiger partial charge in [-0.1, -0.05) is 84.9 Å². The highest BCUT2D eigenvalue weighted by Gasteiger charge is 2.27. The van der Waals surface area contributed by atoms with E-state index in [-0.39, 0.29) is 37.0 Å². The number of nitrogens with zero attached hydrogens (tertiary/aromatic N) is 2. The van der Waals surface area contributed by atoms with E-state index >= 15 is 0 Å². The van der Waals surface area contributed by atoms with E-state index in [1.807, 2.05) is 60.7 Å². The molecule has 0 aromatic heterocycles. The molecule has 0 aliphatic heterocycles. The molecule has 1 atom stereocenters. The predicted molar refractivity (Wildman–Crippen MR) is 156 cm³/mol. The summed E-state index contributed by atoms with van der Waals surface area (Å²) in [6.07, 6.45) is 0.906. The molecule has 8 nitrogen and oxygen atoms in total. The number of benzene rings is 4. The number of carboxylic acids is 1. The number of carboxylic acid groups (broad SMARTS) is 1. The molecule has 41 heavy (non-hydrogen) atoms. The normalized spacial score (nSPS) is 11.6. The van der Waals surface area contributed by atoms with Crippen LogP contribution in [0.2, 0.25) is 0 Å². The van der Waals surface area contributed by atoms with E-state index in [9.17, 15) is 24.8 Å². The Balaban J connectivity index is 1.37. The SMILES string of the molecule is CN(C(=O)CCC(c1ccccc1)c1ccccc1)C(Cc1ccc(OCc2cccc([N+](=O)[O-])c2)cc1)C(=O)O. The van der Waals surface area contributed by atoms with Crippen LogP contribution in [-0.2, 0) is 22.6 Å². The van der Waals surface area contributed by atoms with Gasteiger partial charge in [0.15, 0.2) is 0 Å². The molecule has 1 unspecified atom stereocenters. The Labute approximate surface area is 239 Å². The quantitative estimate of drug-likeness (QED) is 0.155. The zero-order valence-corrected chi connectivity index (χ0v) is 22.8. The Morgan fingerprint density at radius 3 is 2.02 bits per heavy atom. The molecule has 1 N–H and O–H groups in total. The topological polar surface area (TPSA) is 110 Å². The number of likely N-dealkylation sites (N-methyl/N-ethyl adjacent to an activating group) is 1. The van der Waals surface area contributed by atoms with Crippen molar-refractivity contribution in [3.8, 4) is 5.75 Å². The smallest absolute Gasteiger partial charge is 0.326 e. The first-order chi connectivity index (χ1) is 19.8. The van der Waals surface area contributed by atoms with Crippen molar-refractivity contribution in [2.24, 2.45) is 0 Å². The first-order valence-corrected chi connectivity index (χ1v) is 13.3. The zero-order chi connectivity index (χ0) is 29.2. The van der Waals surface area contributed by atoms with E-state index in [2.05, 4.69) is 0 Å². The number of nitro groups is 1. The molecule has 4 aromatic rings. The fraction of sp³-hybridized carbons (Fsp3) is 0.212. The van der Waals surface area contributed by atoms with E-state index in [0.29, 0.717) is 17.7 Å². The Bertz CT molecular complexity index is 1420. The van der Waals surface area contributed by atoms with Crippen LogP contribution in [0, 0.1) is 10.1 Å². The number of hydrogen-bond acceptors (Lipinski definition) is 5. The summed E-state index contributed by atoms with van der Waals surface area (Å²) in [4.78, 5) is 37.2. The maximum absolute atomic E-state index is 13.2. The molecule has 0 bridgehead atoms. The summed E-state index contributed by atoms with van der Waals surface area (Å²) in [5, 5.41) is 20.9. The van der Waals surface area contributed by atoms with Gasteiger partial charge < -0.3 is 14.7 Å².